The molecule has 0 saturated carbocycles. The summed E-state index contributed by atoms with van der Waals surface area (Å²) in [4.78, 5) is 0. The Balaban J connectivity index is 3.91. The van der Waals surface area contributed by atoms with Gasteiger partial charge in [0.2, 0.25) is 0 Å². The molecule has 0 fully saturated rings. The predicted octanol–water partition coefficient (Wildman–Crippen LogP) is 2.39. The molecule has 1 N–H and O–H groups in total. The van der Waals surface area contributed by atoms with E-state index in [1.54, 1.807) is 0 Å². The summed E-state index contributed by atoms with van der Waals surface area (Å²) in [5.41, 5.74) is 0. The summed E-state index contributed by atoms with van der Waals surface area (Å²) in [7, 11) is 0. The molecule has 0 aromatic heterocycles. The quantitative estimate of drug-likeness (QED) is 0.647. The fraction of sp³-hybridized carbons (Fsp3) is 1.00. The van der Waals surface area contributed by atoms with Crippen LogP contribution in [0.15, 0.2) is 0 Å². The van der Waals surface area contributed by atoms with E-state index in [0.717, 1.165) is 0 Å². The number of aliphatic hydroxyl groups is 1. The van der Waals surface area contributed by atoms with Crippen LogP contribution in [0.3, 0.4) is 0 Å². The van der Waals surface area contributed by atoms with Crippen molar-refractivity contribution in [1.82, 2.24) is 0 Å². The minimum Gasteiger partial charge on any atom is -0.343 e. The lowest BCUT2D eigenvalue weighted by Gasteiger charge is -2.28. The van der Waals surface area contributed by atoms with Gasteiger partial charge in [-0.15, -0.1) is 0 Å². The Morgan fingerprint density at radius 1 is 1.00 bits per heavy atom. The lowest BCUT2D eigenvalue weighted by Crippen LogP contribution is -2.37. The van der Waals surface area contributed by atoms with Gasteiger partial charge in [-0.1, -0.05) is 34.6 Å². The Morgan fingerprint density at radius 3 is 1.57 bits per heavy atom. The van der Waals surface area contributed by atoms with Crippen molar-refractivity contribution in [2.75, 3.05) is 13.2 Å². The van der Waals surface area contributed by atoms with Crippen LogP contribution in [0.1, 0.15) is 41.0 Å². The van der Waals surface area contributed by atoms with Gasteiger partial charge in [0.1, 0.15) is 0 Å². The highest BCUT2D eigenvalue weighted by atomic mass is 16.8. The van der Waals surface area contributed by atoms with Crippen LogP contribution in [0.2, 0.25) is 0 Å². The van der Waals surface area contributed by atoms with Crippen LogP contribution in [-0.2, 0) is 9.47 Å². The van der Waals surface area contributed by atoms with Crippen molar-refractivity contribution in [2.24, 2.45) is 11.8 Å². The maximum atomic E-state index is 9.87. The molecule has 14 heavy (non-hydrogen) atoms. The van der Waals surface area contributed by atoms with E-state index >= 15 is 0 Å². The largest absolute Gasteiger partial charge is 0.343 e. The van der Waals surface area contributed by atoms with Crippen molar-refractivity contribution < 1.29 is 14.6 Å². The fourth-order valence-corrected chi connectivity index (χ4v) is 0.840. The van der Waals surface area contributed by atoms with E-state index < -0.39 is 5.97 Å². The maximum absolute atomic E-state index is 9.87. The van der Waals surface area contributed by atoms with Crippen LogP contribution in [0.5, 0.6) is 0 Å². The molecule has 0 saturated heterocycles. The van der Waals surface area contributed by atoms with Crippen molar-refractivity contribution in [3.05, 3.63) is 0 Å². The maximum Gasteiger partial charge on any atom is 0.280 e. The molecule has 0 radical (unpaired) electrons. The number of rotatable bonds is 7. The molecule has 86 valence electrons. The van der Waals surface area contributed by atoms with Gasteiger partial charge in [0.15, 0.2) is 0 Å². The second-order valence-corrected chi connectivity index (χ2v) is 4.48. The van der Waals surface area contributed by atoms with E-state index in [2.05, 4.69) is 0 Å². The van der Waals surface area contributed by atoms with Gasteiger partial charge >= 0.3 is 0 Å². The Morgan fingerprint density at radius 2 is 1.36 bits per heavy atom. The second kappa shape index (κ2) is 6.38. The van der Waals surface area contributed by atoms with E-state index in [-0.39, 0.29) is 0 Å². The molecule has 0 rings (SSSR count). The van der Waals surface area contributed by atoms with Crippen LogP contribution < -0.4 is 0 Å². The topological polar surface area (TPSA) is 38.7 Å². The predicted molar refractivity (Wildman–Crippen MR) is 56.8 cm³/mol. The summed E-state index contributed by atoms with van der Waals surface area (Å²) >= 11 is 0. The number of hydrogen-bond donors (Lipinski definition) is 1. The first-order valence-corrected chi connectivity index (χ1v) is 5.40. The van der Waals surface area contributed by atoms with Crippen molar-refractivity contribution >= 4 is 0 Å². The van der Waals surface area contributed by atoms with E-state index in [9.17, 15) is 5.11 Å². The third kappa shape index (κ3) is 6.35. The van der Waals surface area contributed by atoms with Gasteiger partial charge in [-0.3, -0.25) is 0 Å². The highest BCUT2D eigenvalue weighted by molar-refractivity contribution is 4.54. The number of ether oxygens (including phenoxy) is 2. The molecule has 0 unspecified atom stereocenters. The van der Waals surface area contributed by atoms with Gasteiger partial charge in [0.05, 0.1) is 13.2 Å². The normalized spacial score (nSPS) is 12.9. The summed E-state index contributed by atoms with van der Waals surface area (Å²) < 4.78 is 10.6. The molecule has 0 aromatic rings. The number of hydrogen-bond acceptors (Lipinski definition) is 3. The van der Waals surface area contributed by atoms with E-state index in [1.807, 2.05) is 34.6 Å². The summed E-state index contributed by atoms with van der Waals surface area (Å²) in [5, 5.41) is 9.87. The van der Waals surface area contributed by atoms with Crippen molar-refractivity contribution in [2.45, 2.75) is 47.0 Å². The highest BCUT2D eigenvalue weighted by Crippen LogP contribution is 2.16. The molecule has 0 amide bonds. The molecule has 3 heteroatoms. The summed E-state index contributed by atoms with van der Waals surface area (Å²) in [5.74, 6) is -0.597. The van der Waals surface area contributed by atoms with Gasteiger partial charge in [-0.05, 0) is 11.8 Å². The molecule has 0 bridgehead atoms. The molecular formula is C11H24O3. The first-order chi connectivity index (χ1) is 6.39. The molecule has 0 aromatic carbocycles. The van der Waals surface area contributed by atoms with Gasteiger partial charge in [-0.2, -0.15) is 0 Å². The summed E-state index contributed by atoms with van der Waals surface area (Å²) in [6.45, 7) is 11.0. The van der Waals surface area contributed by atoms with Crippen LogP contribution in [-0.4, -0.2) is 24.3 Å². The first kappa shape index (κ1) is 13.9. The molecule has 0 aliphatic rings. The Labute approximate surface area is 87.4 Å². The Hall–Kier alpha value is -0.120. The molecule has 0 aliphatic heterocycles. The van der Waals surface area contributed by atoms with Gasteiger partial charge in [0, 0.05) is 6.42 Å². The SMILES string of the molecule is CCC(O)(OCC(C)C)OCC(C)C. The van der Waals surface area contributed by atoms with Crippen LogP contribution in [0.25, 0.3) is 0 Å². The monoisotopic (exact) mass is 204 g/mol. The fourth-order valence-electron chi connectivity index (χ4n) is 0.840. The van der Waals surface area contributed by atoms with Gasteiger partial charge in [-0.25, -0.2) is 0 Å². The second-order valence-electron chi connectivity index (χ2n) is 4.48. The summed E-state index contributed by atoms with van der Waals surface area (Å²) in [6, 6.07) is 0. The molecule has 0 heterocycles. The average Bonchev–Trinajstić information content (AvgIpc) is 2.11. The molecular weight excluding hydrogens is 180 g/mol. The third-order valence-corrected chi connectivity index (χ3v) is 1.73. The zero-order chi connectivity index (χ0) is 11.2. The standard InChI is InChI=1S/C11H24O3/c1-6-11(12,13-7-9(2)3)14-8-10(4)5/h9-10,12H,6-8H2,1-5H3. The smallest absolute Gasteiger partial charge is 0.280 e. The van der Waals surface area contributed by atoms with Crippen LogP contribution in [0.4, 0.5) is 0 Å². The highest BCUT2D eigenvalue weighted by Gasteiger charge is 2.27. The molecule has 3 nitrogen and oxygen atoms in total. The van der Waals surface area contributed by atoms with Crippen LogP contribution in [0, 0.1) is 11.8 Å². The zero-order valence-electron chi connectivity index (χ0n) is 10.0. The van der Waals surface area contributed by atoms with Crippen molar-refractivity contribution in [1.29, 1.82) is 0 Å². The minimum atomic E-state index is -1.39. The average molecular weight is 204 g/mol. The third-order valence-electron chi connectivity index (χ3n) is 1.73. The molecule has 0 atom stereocenters. The van der Waals surface area contributed by atoms with E-state index in [0.29, 0.717) is 31.5 Å². The first-order valence-electron chi connectivity index (χ1n) is 5.40. The molecule has 0 spiro atoms. The molecule has 0 aliphatic carbocycles. The van der Waals surface area contributed by atoms with E-state index in [1.165, 1.54) is 0 Å². The zero-order valence-corrected chi connectivity index (χ0v) is 10.0. The van der Waals surface area contributed by atoms with Crippen molar-refractivity contribution in [3.63, 3.8) is 0 Å². The van der Waals surface area contributed by atoms with E-state index in [4.69, 9.17) is 9.47 Å². The summed E-state index contributed by atoms with van der Waals surface area (Å²) in [6.07, 6.45) is 0.451. The van der Waals surface area contributed by atoms with Gasteiger partial charge < -0.3 is 14.6 Å². The minimum absolute atomic E-state index is 0.399. The van der Waals surface area contributed by atoms with Crippen LogP contribution >= 0.6 is 0 Å². The van der Waals surface area contributed by atoms with Crippen molar-refractivity contribution in [3.8, 4) is 0 Å². The lowest BCUT2D eigenvalue weighted by atomic mass is 10.2. The van der Waals surface area contributed by atoms with Gasteiger partial charge in [0.25, 0.3) is 5.97 Å². The Bertz CT molecular complexity index is 131. The lowest BCUT2D eigenvalue weighted by molar-refractivity contribution is -0.366. The Kier molecular flexibility index (Phi) is 6.33.